The summed E-state index contributed by atoms with van der Waals surface area (Å²) in [6.07, 6.45) is 0.479. The Labute approximate surface area is 47.9 Å². The number of rotatable bonds is 3. The maximum atomic E-state index is 7.97. The smallest absolute Gasteiger partial charge is 0.141 e. The van der Waals surface area contributed by atoms with Gasteiger partial charge in [0.2, 0.25) is 0 Å². The molecule has 0 spiro atoms. The van der Waals surface area contributed by atoms with Crippen LogP contribution < -0.4 is 5.73 Å². The largest absolute Gasteiger partial charge is 0.409 e. The SMILES string of the molecule is COCC/C(N)=N\O. The molecule has 0 aliphatic rings. The molecule has 0 aliphatic heterocycles. The van der Waals surface area contributed by atoms with E-state index >= 15 is 0 Å². The summed E-state index contributed by atoms with van der Waals surface area (Å²) in [6, 6.07) is 0. The van der Waals surface area contributed by atoms with Gasteiger partial charge in [-0.15, -0.1) is 0 Å². The standard InChI is InChI=1S/C4H10N2O2/c1-8-3-2-4(5)6-7/h7H,2-3H2,1H3,(H2,5,6). The molecular weight excluding hydrogens is 108 g/mol. The Morgan fingerprint density at radius 2 is 2.50 bits per heavy atom. The summed E-state index contributed by atoms with van der Waals surface area (Å²) in [5, 5.41) is 10.7. The van der Waals surface area contributed by atoms with Gasteiger partial charge >= 0.3 is 0 Å². The van der Waals surface area contributed by atoms with Crippen LogP contribution in [0.1, 0.15) is 6.42 Å². The summed E-state index contributed by atoms with van der Waals surface area (Å²) >= 11 is 0. The van der Waals surface area contributed by atoms with Crippen molar-refractivity contribution in [3.63, 3.8) is 0 Å². The van der Waals surface area contributed by atoms with Crippen molar-refractivity contribution in [3.8, 4) is 0 Å². The zero-order chi connectivity index (χ0) is 6.41. The first-order chi connectivity index (χ1) is 3.81. The first kappa shape index (κ1) is 7.23. The van der Waals surface area contributed by atoms with Crippen LogP contribution in [0, 0.1) is 0 Å². The molecule has 0 rings (SSSR count). The summed E-state index contributed by atoms with van der Waals surface area (Å²) in [7, 11) is 1.56. The maximum absolute atomic E-state index is 7.97. The lowest BCUT2D eigenvalue weighted by Crippen LogP contribution is -2.13. The third-order valence-corrected chi connectivity index (χ3v) is 0.691. The Kier molecular flexibility index (Phi) is 3.97. The molecule has 0 aromatic carbocycles. The van der Waals surface area contributed by atoms with Gasteiger partial charge in [0.25, 0.3) is 0 Å². The van der Waals surface area contributed by atoms with Gasteiger partial charge in [-0.3, -0.25) is 0 Å². The highest BCUT2D eigenvalue weighted by Crippen LogP contribution is 1.77. The molecule has 0 heterocycles. The van der Waals surface area contributed by atoms with E-state index in [0.29, 0.717) is 13.0 Å². The lowest BCUT2D eigenvalue weighted by atomic mass is 10.4. The highest BCUT2D eigenvalue weighted by atomic mass is 16.5. The Morgan fingerprint density at radius 1 is 1.88 bits per heavy atom. The predicted octanol–water partition coefficient (Wildman–Crippen LogP) is -0.231. The summed E-state index contributed by atoms with van der Waals surface area (Å²) < 4.78 is 4.64. The van der Waals surface area contributed by atoms with Gasteiger partial charge in [0, 0.05) is 13.5 Å². The highest BCUT2D eigenvalue weighted by molar-refractivity contribution is 5.79. The molecule has 0 bridgehead atoms. The third kappa shape index (κ3) is 3.42. The van der Waals surface area contributed by atoms with Crippen LogP contribution in [0.25, 0.3) is 0 Å². The van der Waals surface area contributed by atoms with E-state index in [1.807, 2.05) is 0 Å². The first-order valence-corrected chi connectivity index (χ1v) is 2.26. The van der Waals surface area contributed by atoms with Crippen LogP contribution >= 0.6 is 0 Å². The summed E-state index contributed by atoms with van der Waals surface area (Å²) in [4.78, 5) is 0. The lowest BCUT2D eigenvalue weighted by molar-refractivity contribution is 0.205. The third-order valence-electron chi connectivity index (χ3n) is 0.691. The molecule has 0 aromatic heterocycles. The predicted molar refractivity (Wildman–Crippen MR) is 29.9 cm³/mol. The van der Waals surface area contributed by atoms with Gasteiger partial charge in [-0.25, -0.2) is 0 Å². The molecule has 0 radical (unpaired) electrons. The fraction of sp³-hybridized carbons (Fsp3) is 0.750. The summed E-state index contributed by atoms with van der Waals surface area (Å²) in [5.74, 6) is 0.201. The Hall–Kier alpha value is -0.770. The minimum absolute atomic E-state index is 0.201. The molecule has 0 aromatic rings. The zero-order valence-corrected chi connectivity index (χ0v) is 4.79. The van der Waals surface area contributed by atoms with Gasteiger partial charge in [0.1, 0.15) is 5.84 Å². The molecule has 0 saturated carbocycles. The van der Waals surface area contributed by atoms with Crippen LogP contribution in [0.3, 0.4) is 0 Å². The van der Waals surface area contributed by atoms with Gasteiger partial charge < -0.3 is 15.7 Å². The highest BCUT2D eigenvalue weighted by Gasteiger charge is 1.88. The van der Waals surface area contributed by atoms with E-state index < -0.39 is 0 Å². The molecule has 0 aliphatic carbocycles. The number of nitrogens with two attached hydrogens (primary N) is 1. The van der Waals surface area contributed by atoms with Gasteiger partial charge in [0.05, 0.1) is 6.61 Å². The number of hydrogen-bond donors (Lipinski definition) is 2. The molecule has 0 saturated heterocycles. The number of ether oxygens (including phenoxy) is 1. The van der Waals surface area contributed by atoms with Crippen LogP contribution in [0.15, 0.2) is 5.16 Å². The van der Waals surface area contributed by atoms with E-state index in [-0.39, 0.29) is 5.84 Å². The van der Waals surface area contributed by atoms with Gasteiger partial charge in [0.15, 0.2) is 0 Å². The second kappa shape index (κ2) is 4.39. The number of methoxy groups -OCH3 is 1. The molecule has 0 atom stereocenters. The molecule has 3 N–H and O–H groups in total. The number of amidine groups is 1. The van der Waals surface area contributed by atoms with Crippen molar-refractivity contribution in [1.29, 1.82) is 0 Å². The average Bonchev–Trinajstić information content (AvgIpc) is 1.83. The van der Waals surface area contributed by atoms with Crippen molar-refractivity contribution in [2.45, 2.75) is 6.42 Å². The second-order valence-electron chi connectivity index (χ2n) is 1.33. The Balaban J connectivity index is 3.12. The number of oxime groups is 1. The molecule has 8 heavy (non-hydrogen) atoms. The van der Waals surface area contributed by atoms with Crippen LogP contribution in [0.4, 0.5) is 0 Å². The van der Waals surface area contributed by atoms with Crippen molar-refractivity contribution in [2.75, 3.05) is 13.7 Å². The monoisotopic (exact) mass is 118 g/mol. The second-order valence-corrected chi connectivity index (χ2v) is 1.33. The molecule has 4 heteroatoms. The van der Waals surface area contributed by atoms with Crippen molar-refractivity contribution in [2.24, 2.45) is 10.9 Å². The van der Waals surface area contributed by atoms with Crippen LogP contribution in [-0.4, -0.2) is 24.8 Å². The quantitative estimate of drug-likeness (QED) is 0.233. The first-order valence-electron chi connectivity index (χ1n) is 2.26. The van der Waals surface area contributed by atoms with E-state index in [1.54, 1.807) is 7.11 Å². The van der Waals surface area contributed by atoms with E-state index in [2.05, 4.69) is 9.89 Å². The normalized spacial score (nSPS) is 11.9. The van der Waals surface area contributed by atoms with Gasteiger partial charge in [-0.05, 0) is 0 Å². The zero-order valence-electron chi connectivity index (χ0n) is 4.79. The molecule has 0 fully saturated rings. The van der Waals surface area contributed by atoms with Crippen molar-refractivity contribution >= 4 is 5.84 Å². The number of nitrogens with zero attached hydrogens (tertiary/aromatic N) is 1. The minimum Gasteiger partial charge on any atom is -0.409 e. The molecule has 48 valence electrons. The van der Waals surface area contributed by atoms with Crippen molar-refractivity contribution in [1.82, 2.24) is 0 Å². The molecular formula is C4H10N2O2. The van der Waals surface area contributed by atoms with Crippen molar-refractivity contribution in [3.05, 3.63) is 0 Å². The molecule has 4 nitrogen and oxygen atoms in total. The van der Waals surface area contributed by atoms with Crippen molar-refractivity contribution < 1.29 is 9.94 Å². The van der Waals surface area contributed by atoms with E-state index in [1.165, 1.54) is 0 Å². The van der Waals surface area contributed by atoms with E-state index in [0.717, 1.165) is 0 Å². The molecule has 0 unspecified atom stereocenters. The van der Waals surface area contributed by atoms with E-state index in [4.69, 9.17) is 10.9 Å². The minimum atomic E-state index is 0.201. The fourth-order valence-corrected chi connectivity index (χ4v) is 0.257. The van der Waals surface area contributed by atoms with E-state index in [9.17, 15) is 0 Å². The van der Waals surface area contributed by atoms with Crippen LogP contribution in [0.5, 0.6) is 0 Å². The summed E-state index contributed by atoms with van der Waals surface area (Å²) in [5.41, 5.74) is 5.08. The van der Waals surface area contributed by atoms with Crippen LogP contribution in [0.2, 0.25) is 0 Å². The fourth-order valence-electron chi connectivity index (χ4n) is 0.257. The summed E-state index contributed by atoms with van der Waals surface area (Å²) in [6.45, 7) is 0.496. The van der Waals surface area contributed by atoms with Crippen LogP contribution in [-0.2, 0) is 4.74 Å². The average molecular weight is 118 g/mol. The Morgan fingerprint density at radius 3 is 2.88 bits per heavy atom. The molecule has 0 amide bonds. The Bertz CT molecular complexity index is 82.1. The topological polar surface area (TPSA) is 67.8 Å². The maximum Gasteiger partial charge on any atom is 0.141 e. The van der Waals surface area contributed by atoms with Gasteiger partial charge in [-0.2, -0.15) is 0 Å². The number of hydrogen-bond acceptors (Lipinski definition) is 3. The van der Waals surface area contributed by atoms with Gasteiger partial charge in [-0.1, -0.05) is 5.16 Å². The lowest BCUT2D eigenvalue weighted by Gasteiger charge is -1.93.